The van der Waals surface area contributed by atoms with Gasteiger partial charge in [-0.3, -0.25) is 0 Å². The number of nitrogens with zero attached hydrogens (tertiary/aromatic N) is 3. The minimum Gasteiger partial charge on any atom is -0.356 e. The number of aromatic nitrogens is 2. The number of nitrogens with one attached hydrogen (secondary N) is 1. The highest BCUT2D eigenvalue weighted by atomic mass is 32.2. The van der Waals surface area contributed by atoms with Gasteiger partial charge in [0.05, 0.1) is 10.8 Å². The van der Waals surface area contributed by atoms with Crippen molar-refractivity contribution in [3.63, 3.8) is 0 Å². The second-order valence-corrected chi connectivity index (χ2v) is 10.0. The first-order chi connectivity index (χ1) is 13.5. The maximum absolute atomic E-state index is 13.7. The second-order valence-electron chi connectivity index (χ2n) is 7.97. The molecular formula is C20H27FN4O2S. The Morgan fingerprint density at radius 1 is 1.11 bits per heavy atom. The van der Waals surface area contributed by atoms with Crippen molar-refractivity contribution in [1.82, 2.24) is 14.7 Å². The van der Waals surface area contributed by atoms with Gasteiger partial charge in [0.1, 0.15) is 18.0 Å². The summed E-state index contributed by atoms with van der Waals surface area (Å²) in [6.45, 7) is 1.98. The molecule has 28 heavy (non-hydrogen) atoms. The third kappa shape index (κ3) is 4.27. The number of halogens is 1. The van der Waals surface area contributed by atoms with Gasteiger partial charge in [0.2, 0.25) is 10.0 Å². The Hall–Kier alpha value is -1.80. The van der Waals surface area contributed by atoms with Crippen molar-refractivity contribution in [2.75, 3.05) is 24.5 Å². The number of anilines is 1. The van der Waals surface area contributed by atoms with Crippen LogP contribution in [0.1, 0.15) is 44.9 Å². The molecule has 1 aliphatic carbocycles. The molecule has 0 radical (unpaired) electrons. The zero-order valence-corrected chi connectivity index (χ0v) is 16.8. The van der Waals surface area contributed by atoms with E-state index < -0.39 is 10.0 Å². The molecule has 1 unspecified atom stereocenters. The van der Waals surface area contributed by atoms with Gasteiger partial charge in [-0.15, -0.1) is 0 Å². The minimum absolute atomic E-state index is 0.214. The molecule has 0 amide bonds. The molecule has 1 saturated carbocycles. The van der Waals surface area contributed by atoms with Crippen LogP contribution in [0.15, 0.2) is 24.5 Å². The average Bonchev–Trinajstić information content (AvgIpc) is 2.73. The normalized spacial score (nSPS) is 21.9. The van der Waals surface area contributed by atoms with E-state index >= 15 is 0 Å². The summed E-state index contributed by atoms with van der Waals surface area (Å²) in [6, 6.07) is 4.54. The van der Waals surface area contributed by atoms with Crippen molar-refractivity contribution in [3.8, 4) is 0 Å². The molecule has 4 rings (SSSR count). The van der Waals surface area contributed by atoms with E-state index in [1.165, 1.54) is 18.5 Å². The topological polar surface area (TPSA) is 75.2 Å². The summed E-state index contributed by atoms with van der Waals surface area (Å²) in [5, 5.41) is 0.459. The lowest BCUT2D eigenvalue weighted by molar-refractivity contribution is 0.406. The summed E-state index contributed by atoms with van der Waals surface area (Å²) in [4.78, 5) is 10.8. The van der Waals surface area contributed by atoms with Crippen molar-refractivity contribution in [2.24, 2.45) is 5.92 Å². The molecule has 1 saturated heterocycles. The van der Waals surface area contributed by atoms with E-state index in [4.69, 9.17) is 0 Å². The smallest absolute Gasteiger partial charge is 0.214 e. The molecule has 0 bridgehead atoms. The molecule has 6 nitrogen and oxygen atoms in total. The monoisotopic (exact) mass is 406 g/mol. The fraction of sp³-hybridized carbons (Fsp3) is 0.600. The van der Waals surface area contributed by atoms with E-state index in [2.05, 4.69) is 19.6 Å². The van der Waals surface area contributed by atoms with Gasteiger partial charge in [-0.05, 0) is 49.8 Å². The maximum Gasteiger partial charge on any atom is 0.214 e. The Kier molecular flexibility index (Phi) is 5.78. The van der Waals surface area contributed by atoms with Crippen LogP contribution in [0.25, 0.3) is 10.9 Å². The second kappa shape index (κ2) is 8.29. The van der Waals surface area contributed by atoms with Crippen molar-refractivity contribution < 1.29 is 12.8 Å². The first-order valence-electron chi connectivity index (χ1n) is 10.2. The van der Waals surface area contributed by atoms with Gasteiger partial charge in [-0.1, -0.05) is 19.3 Å². The Balaban J connectivity index is 1.44. The lowest BCUT2D eigenvalue weighted by atomic mass is 9.98. The third-order valence-corrected chi connectivity index (χ3v) is 7.88. The number of benzene rings is 1. The van der Waals surface area contributed by atoms with Gasteiger partial charge in [0.25, 0.3) is 0 Å². The average molecular weight is 407 g/mol. The van der Waals surface area contributed by atoms with Crippen LogP contribution in [-0.4, -0.2) is 43.3 Å². The Morgan fingerprint density at radius 2 is 1.93 bits per heavy atom. The van der Waals surface area contributed by atoms with Gasteiger partial charge in [-0.25, -0.2) is 27.5 Å². The first kappa shape index (κ1) is 19.5. The van der Waals surface area contributed by atoms with Crippen molar-refractivity contribution in [1.29, 1.82) is 0 Å². The lowest BCUT2D eigenvalue weighted by Crippen LogP contribution is -2.43. The molecule has 2 fully saturated rings. The molecule has 1 N–H and O–H groups in total. The molecule has 152 valence electrons. The van der Waals surface area contributed by atoms with Crippen LogP contribution in [0.4, 0.5) is 10.2 Å². The highest BCUT2D eigenvalue weighted by Crippen LogP contribution is 2.28. The van der Waals surface area contributed by atoms with Crippen LogP contribution in [0, 0.1) is 11.7 Å². The molecule has 1 atom stereocenters. The van der Waals surface area contributed by atoms with Crippen LogP contribution in [-0.2, 0) is 10.0 Å². The van der Waals surface area contributed by atoms with E-state index in [1.807, 2.05) is 0 Å². The predicted molar refractivity (Wildman–Crippen MR) is 108 cm³/mol. The van der Waals surface area contributed by atoms with Crippen LogP contribution in [0.3, 0.4) is 0 Å². The van der Waals surface area contributed by atoms with Crippen molar-refractivity contribution in [2.45, 2.75) is 50.2 Å². The Morgan fingerprint density at radius 3 is 2.75 bits per heavy atom. The van der Waals surface area contributed by atoms with E-state index in [9.17, 15) is 12.8 Å². The van der Waals surface area contributed by atoms with Crippen LogP contribution in [0.2, 0.25) is 0 Å². The van der Waals surface area contributed by atoms with Gasteiger partial charge >= 0.3 is 0 Å². The minimum atomic E-state index is -3.25. The third-order valence-electron chi connectivity index (χ3n) is 5.96. The summed E-state index contributed by atoms with van der Waals surface area (Å²) in [5.41, 5.74) is 0.714. The number of sulfonamides is 1. The number of rotatable bonds is 5. The molecule has 1 aromatic heterocycles. The molecule has 1 aliphatic heterocycles. The zero-order chi connectivity index (χ0) is 19.6. The predicted octanol–water partition coefficient (Wildman–Crippen LogP) is 3.24. The highest BCUT2D eigenvalue weighted by molar-refractivity contribution is 7.90. The van der Waals surface area contributed by atoms with Crippen LogP contribution >= 0.6 is 0 Å². The van der Waals surface area contributed by atoms with Gasteiger partial charge in [-0.2, -0.15) is 0 Å². The first-order valence-corrected chi connectivity index (χ1v) is 11.7. The quantitative estimate of drug-likeness (QED) is 0.825. The molecule has 2 heterocycles. The van der Waals surface area contributed by atoms with Gasteiger partial charge in [0, 0.05) is 25.0 Å². The highest BCUT2D eigenvalue weighted by Gasteiger charge is 2.29. The molecule has 2 aromatic rings. The Bertz CT molecular complexity index is 931. The summed E-state index contributed by atoms with van der Waals surface area (Å²) in [7, 11) is -3.25. The van der Waals surface area contributed by atoms with Crippen LogP contribution < -0.4 is 9.62 Å². The van der Waals surface area contributed by atoms with E-state index in [0.717, 1.165) is 57.3 Å². The summed E-state index contributed by atoms with van der Waals surface area (Å²) >= 11 is 0. The molecule has 0 spiro atoms. The van der Waals surface area contributed by atoms with Crippen LogP contribution in [0.5, 0.6) is 0 Å². The van der Waals surface area contributed by atoms with E-state index in [1.54, 1.807) is 6.07 Å². The number of piperidine rings is 1. The fourth-order valence-electron chi connectivity index (χ4n) is 4.42. The van der Waals surface area contributed by atoms with E-state index in [0.29, 0.717) is 24.0 Å². The van der Waals surface area contributed by atoms with E-state index in [-0.39, 0.29) is 17.0 Å². The summed E-state index contributed by atoms with van der Waals surface area (Å²) in [5.74, 6) is 0.632. The summed E-state index contributed by atoms with van der Waals surface area (Å²) < 4.78 is 41.8. The van der Waals surface area contributed by atoms with Gasteiger partial charge < -0.3 is 4.90 Å². The SMILES string of the molecule is O=S(=O)(NCC1CCCN(c2ncnc3ccc(F)cc23)C1)C1CCCCC1. The van der Waals surface area contributed by atoms with Crippen molar-refractivity contribution in [3.05, 3.63) is 30.3 Å². The molecule has 8 heteroatoms. The maximum atomic E-state index is 13.7. The lowest BCUT2D eigenvalue weighted by Gasteiger charge is -2.34. The largest absolute Gasteiger partial charge is 0.356 e. The number of fused-ring (bicyclic) bond motifs is 1. The molecule has 2 aliphatic rings. The zero-order valence-electron chi connectivity index (χ0n) is 16.0. The number of hydrogen-bond acceptors (Lipinski definition) is 5. The Labute approximate surface area is 165 Å². The summed E-state index contributed by atoms with van der Waals surface area (Å²) in [6.07, 6.45) is 8.11. The van der Waals surface area contributed by atoms with Gasteiger partial charge in [0.15, 0.2) is 0 Å². The van der Waals surface area contributed by atoms with Crippen molar-refractivity contribution >= 4 is 26.7 Å². The standard InChI is InChI=1S/C20H27FN4O2S/c21-16-8-9-19-18(11-16)20(23-14-22-19)25-10-4-5-15(13-25)12-24-28(26,27)17-6-2-1-3-7-17/h8-9,11,14-15,17,24H,1-7,10,12-13H2. The molecular weight excluding hydrogens is 379 g/mol. The fourth-order valence-corrected chi connectivity index (χ4v) is 6.08. The number of hydrogen-bond donors (Lipinski definition) is 1. The molecule has 1 aromatic carbocycles.